The summed E-state index contributed by atoms with van der Waals surface area (Å²) in [5.74, 6) is 1.54. The lowest BCUT2D eigenvalue weighted by molar-refractivity contribution is 0.122. The van der Waals surface area contributed by atoms with E-state index in [1.807, 2.05) is 30.0 Å². The van der Waals surface area contributed by atoms with Gasteiger partial charge in [-0.3, -0.25) is 4.98 Å². The van der Waals surface area contributed by atoms with Crippen LogP contribution in [0.2, 0.25) is 0 Å². The van der Waals surface area contributed by atoms with Crippen LogP contribution in [-0.4, -0.2) is 65.3 Å². The van der Waals surface area contributed by atoms with Crippen molar-refractivity contribution in [2.45, 2.75) is 19.9 Å². The number of rotatable bonds is 3. The number of ether oxygens (including phenoxy) is 1. The molecule has 4 rings (SSSR count). The molecule has 0 aliphatic carbocycles. The fourth-order valence-electron chi connectivity index (χ4n) is 3.48. The Morgan fingerprint density at radius 2 is 2.07 bits per heavy atom. The zero-order valence-corrected chi connectivity index (χ0v) is 15.5. The number of hydrogen-bond donors (Lipinski definition) is 1. The molecule has 2 aromatic heterocycles. The van der Waals surface area contributed by atoms with Crippen LogP contribution in [0, 0.1) is 0 Å². The molecule has 4 heterocycles. The summed E-state index contributed by atoms with van der Waals surface area (Å²) in [5.41, 5.74) is 2.81. The molecule has 0 bridgehead atoms. The van der Waals surface area contributed by atoms with E-state index in [9.17, 15) is 4.79 Å². The van der Waals surface area contributed by atoms with Crippen molar-refractivity contribution < 1.29 is 9.53 Å². The van der Waals surface area contributed by atoms with Gasteiger partial charge in [0, 0.05) is 44.4 Å². The first-order valence-electron chi connectivity index (χ1n) is 9.43. The van der Waals surface area contributed by atoms with Gasteiger partial charge in [0.15, 0.2) is 5.82 Å². The van der Waals surface area contributed by atoms with E-state index in [-0.39, 0.29) is 6.03 Å². The molecule has 1 N–H and O–H groups in total. The number of fused-ring (bicyclic) bond motifs is 1. The Morgan fingerprint density at radius 1 is 1.22 bits per heavy atom. The van der Waals surface area contributed by atoms with Crippen molar-refractivity contribution in [3.8, 4) is 11.5 Å². The number of anilines is 1. The molecule has 0 radical (unpaired) electrons. The van der Waals surface area contributed by atoms with E-state index in [2.05, 4.69) is 15.2 Å². The monoisotopic (exact) mass is 368 g/mol. The van der Waals surface area contributed by atoms with Gasteiger partial charge >= 0.3 is 6.03 Å². The second-order valence-electron chi connectivity index (χ2n) is 6.62. The minimum atomic E-state index is -0.0371. The summed E-state index contributed by atoms with van der Waals surface area (Å²) in [6.07, 6.45) is 2.47. The second-order valence-corrected chi connectivity index (χ2v) is 6.62. The number of pyridine rings is 1. The summed E-state index contributed by atoms with van der Waals surface area (Å²) in [5, 5.41) is 2.88. The number of amides is 2. The zero-order valence-electron chi connectivity index (χ0n) is 15.5. The van der Waals surface area contributed by atoms with Gasteiger partial charge in [0.1, 0.15) is 11.5 Å². The van der Waals surface area contributed by atoms with Gasteiger partial charge in [0.25, 0.3) is 0 Å². The fourth-order valence-corrected chi connectivity index (χ4v) is 3.48. The standard InChI is InChI=1S/C19H24N6O2/c1-2-20-19(26)25-8-6-15-14(13-25)18(24-9-11-27-12-10-24)23-17(22-15)16-5-3-4-7-21-16/h3-5,7H,2,6,8-13H2,1H3,(H,20,26). The molecule has 0 saturated carbocycles. The number of nitrogens with one attached hydrogen (secondary N) is 1. The number of carbonyl (C=O) groups excluding carboxylic acids is 1. The van der Waals surface area contributed by atoms with Gasteiger partial charge in [-0.05, 0) is 19.1 Å². The molecule has 142 valence electrons. The van der Waals surface area contributed by atoms with Gasteiger partial charge in [0.05, 0.1) is 25.5 Å². The number of urea groups is 1. The molecular weight excluding hydrogens is 344 g/mol. The summed E-state index contributed by atoms with van der Waals surface area (Å²) in [6, 6.07) is 5.71. The minimum absolute atomic E-state index is 0.0371. The lowest BCUT2D eigenvalue weighted by Gasteiger charge is -2.34. The average Bonchev–Trinajstić information content (AvgIpc) is 2.74. The van der Waals surface area contributed by atoms with Crippen LogP contribution in [0.25, 0.3) is 11.5 Å². The summed E-state index contributed by atoms with van der Waals surface area (Å²) >= 11 is 0. The Balaban J connectivity index is 1.73. The van der Waals surface area contributed by atoms with Crippen molar-refractivity contribution in [2.75, 3.05) is 44.3 Å². The Labute approximate surface area is 158 Å². The van der Waals surface area contributed by atoms with Crippen molar-refractivity contribution >= 4 is 11.8 Å². The van der Waals surface area contributed by atoms with Gasteiger partial charge in [-0.1, -0.05) is 6.07 Å². The molecular formula is C19H24N6O2. The van der Waals surface area contributed by atoms with Crippen molar-refractivity contribution in [1.82, 2.24) is 25.2 Å². The van der Waals surface area contributed by atoms with Crippen LogP contribution in [0.3, 0.4) is 0 Å². The van der Waals surface area contributed by atoms with Gasteiger partial charge in [-0.15, -0.1) is 0 Å². The Morgan fingerprint density at radius 3 is 2.81 bits per heavy atom. The predicted octanol–water partition coefficient (Wildman–Crippen LogP) is 1.46. The summed E-state index contributed by atoms with van der Waals surface area (Å²) < 4.78 is 5.50. The quantitative estimate of drug-likeness (QED) is 0.883. The molecule has 0 unspecified atom stereocenters. The van der Waals surface area contributed by atoms with Crippen LogP contribution in [-0.2, 0) is 17.7 Å². The Hall–Kier alpha value is -2.74. The minimum Gasteiger partial charge on any atom is -0.378 e. The second kappa shape index (κ2) is 7.87. The van der Waals surface area contributed by atoms with Crippen LogP contribution in [0.1, 0.15) is 18.2 Å². The molecule has 8 nitrogen and oxygen atoms in total. The molecule has 1 saturated heterocycles. The van der Waals surface area contributed by atoms with Crippen LogP contribution in [0.4, 0.5) is 10.6 Å². The molecule has 2 amide bonds. The maximum atomic E-state index is 12.3. The first-order chi connectivity index (χ1) is 13.3. The van der Waals surface area contributed by atoms with E-state index < -0.39 is 0 Å². The first-order valence-corrected chi connectivity index (χ1v) is 9.43. The van der Waals surface area contributed by atoms with E-state index in [0.29, 0.717) is 45.1 Å². The van der Waals surface area contributed by atoms with Gasteiger partial charge in [-0.25, -0.2) is 14.8 Å². The molecule has 8 heteroatoms. The first kappa shape index (κ1) is 17.7. The summed E-state index contributed by atoms with van der Waals surface area (Å²) in [7, 11) is 0. The lowest BCUT2D eigenvalue weighted by atomic mass is 10.1. The van der Waals surface area contributed by atoms with Crippen molar-refractivity contribution in [2.24, 2.45) is 0 Å². The molecule has 2 aliphatic heterocycles. The third-order valence-corrected chi connectivity index (χ3v) is 4.86. The van der Waals surface area contributed by atoms with Crippen molar-refractivity contribution in [3.05, 3.63) is 35.7 Å². The zero-order chi connectivity index (χ0) is 18.6. The highest BCUT2D eigenvalue weighted by Crippen LogP contribution is 2.29. The van der Waals surface area contributed by atoms with E-state index in [4.69, 9.17) is 14.7 Å². The van der Waals surface area contributed by atoms with E-state index >= 15 is 0 Å². The largest absolute Gasteiger partial charge is 0.378 e. The number of carbonyl (C=O) groups is 1. The van der Waals surface area contributed by atoms with Crippen molar-refractivity contribution in [3.63, 3.8) is 0 Å². The topological polar surface area (TPSA) is 83.5 Å². The molecule has 0 spiro atoms. The van der Waals surface area contributed by atoms with E-state index in [1.165, 1.54) is 0 Å². The SMILES string of the molecule is CCNC(=O)N1CCc2nc(-c3ccccn3)nc(N3CCOCC3)c2C1. The van der Waals surface area contributed by atoms with E-state index in [0.717, 1.165) is 35.9 Å². The maximum absolute atomic E-state index is 12.3. The highest BCUT2D eigenvalue weighted by Gasteiger charge is 2.28. The third-order valence-electron chi connectivity index (χ3n) is 4.86. The number of nitrogens with zero attached hydrogens (tertiary/aromatic N) is 5. The maximum Gasteiger partial charge on any atom is 0.317 e. The Bertz CT molecular complexity index is 807. The molecule has 0 aromatic carbocycles. The molecule has 2 aromatic rings. The Kier molecular flexibility index (Phi) is 5.15. The molecule has 27 heavy (non-hydrogen) atoms. The van der Waals surface area contributed by atoms with E-state index in [1.54, 1.807) is 6.20 Å². The van der Waals surface area contributed by atoms with Gasteiger partial charge in [0.2, 0.25) is 0 Å². The van der Waals surface area contributed by atoms with Crippen LogP contribution >= 0.6 is 0 Å². The van der Waals surface area contributed by atoms with Gasteiger partial charge in [-0.2, -0.15) is 0 Å². The highest BCUT2D eigenvalue weighted by molar-refractivity contribution is 5.75. The predicted molar refractivity (Wildman–Crippen MR) is 101 cm³/mol. The normalized spacial score (nSPS) is 16.8. The molecule has 0 atom stereocenters. The lowest BCUT2D eigenvalue weighted by Crippen LogP contribution is -2.44. The number of aromatic nitrogens is 3. The number of hydrogen-bond acceptors (Lipinski definition) is 6. The summed E-state index contributed by atoms with van der Waals surface area (Å²) in [6.45, 7) is 6.65. The molecule has 2 aliphatic rings. The average molecular weight is 368 g/mol. The smallest absolute Gasteiger partial charge is 0.317 e. The fraction of sp³-hybridized carbons (Fsp3) is 0.474. The van der Waals surface area contributed by atoms with Crippen LogP contribution < -0.4 is 10.2 Å². The van der Waals surface area contributed by atoms with Crippen molar-refractivity contribution in [1.29, 1.82) is 0 Å². The van der Waals surface area contributed by atoms with Crippen LogP contribution in [0.5, 0.6) is 0 Å². The number of morpholine rings is 1. The molecule has 1 fully saturated rings. The van der Waals surface area contributed by atoms with Gasteiger partial charge < -0.3 is 19.9 Å². The van der Waals surface area contributed by atoms with Crippen LogP contribution in [0.15, 0.2) is 24.4 Å². The highest BCUT2D eigenvalue weighted by atomic mass is 16.5. The third kappa shape index (κ3) is 3.71. The summed E-state index contributed by atoms with van der Waals surface area (Å²) in [4.78, 5) is 30.4.